The number of carbonyl (C=O) groups is 2. The molecular formula is C21H19ClF3N7O2S. The number of alkyl halides is 3. The second-order valence-electron chi connectivity index (χ2n) is 7.69. The van der Waals surface area contributed by atoms with Crippen LogP contribution >= 0.6 is 22.9 Å². The highest BCUT2D eigenvalue weighted by atomic mass is 35.5. The molecule has 0 aliphatic heterocycles. The Bertz CT molecular complexity index is 1500. The van der Waals surface area contributed by atoms with Crippen LogP contribution in [-0.4, -0.2) is 36.4 Å². The van der Waals surface area contributed by atoms with E-state index in [1.54, 1.807) is 18.5 Å². The number of nitrogens with two attached hydrogens (primary N) is 1. The minimum Gasteiger partial charge on any atom is -0.365 e. The number of hydrogen-bond donors (Lipinski definition) is 2. The second kappa shape index (κ2) is 8.64. The van der Waals surface area contributed by atoms with Crippen molar-refractivity contribution in [3.8, 4) is 11.1 Å². The Morgan fingerprint density at radius 3 is 2.46 bits per heavy atom. The van der Waals surface area contributed by atoms with Gasteiger partial charge < -0.3 is 11.1 Å². The number of hydrogen-bond acceptors (Lipinski definition) is 6. The molecule has 0 atom stereocenters. The lowest BCUT2D eigenvalue weighted by atomic mass is 10.0. The predicted octanol–water partition coefficient (Wildman–Crippen LogP) is 4.55. The van der Waals surface area contributed by atoms with Gasteiger partial charge in [0.1, 0.15) is 21.1 Å². The summed E-state index contributed by atoms with van der Waals surface area (Å²) in [5.74, 6) is -1.65. The highest BCUT2D eigenvalue weighted by molar-refractivity contribution is 7.21. The average molecular weight is 526 g/mol. The number of nitrogens with one attached hydrogen (secondary N) is 1. The van der Waals surface area contributed by atoms with Gasteiger partial charge in [-0.05, 0) is 32.4 Å². The molecular weight excluding hydrogens is 507 g/mol. The normalized spacial score (nSPS) is 11.9. The molecule has 4 rings (SSSR count). The van der Waals surface area contributed by atoms with E-state index in [9.17, 15) is 22.8 Å². The van der Waals surface area contributed by atoms with E-state index in [1.807, 2.05) is 6.92 Å². The van der Waals surface area contributed by atoms with Crippen LogP contribution in [-0.2, 0) is 19.8 Å². The molecule has 0 fully saturated rings. The molecule has 9 nitrogen and oxygen atoms in total. The molecule has 0 spiro atoms. The third-order valence-electron chi connectivity index (χ3n) is 5.47. The van der Waals surface area contributed by atoms with Crippen LogP contribution in [0.5, 0.6) is 0 Å². The number of carbonyl (C=O) groups excluding carboxylic acids is 2. The number of rotatable bonds is 5. The summed E-state index contributed by atoms with van der Waals surface area (Å²) in [6, 6.07) is 0.876. The maximum Gasteiger partial charge on any atom is 0.433 e. The number of aryl methyl sites for hydroxylation is 3. The lowest BCUT2D eigenvalue weighted by molar-refractivity contribution is -0.140. The fourth-order valence-electron chi connectivity index (χ4n) is 3.83. The second-order valence-corrected chi connectivity index (χ2v) is 9.07. The molecule has 0 saturated carbocycles. The minimum absolute atomic E-state index is 0.00958. The Hall–Kier alpha value is -3.45. The molecule has 184 valence electrons. The molecule has 0 unspecified atom stereocenters. The van der Waals surface area contributed by atoms with Gasteiger partial charge in [0.05, 0.1) is 22.6 Å². The van der Waals surface area contributed by atoms with E-state index < -0.39 is 23.7 Å². The van der Waals surface area contributed by atoms with Gasteiger partial charge in [-0.1, -0.05) is 11.6 Å². The standard InChI is InChI=1S/C21H19ClF3N7O2S/c1-5-32-9(3)11(7-27-32)10-6-12(21(23,24)25)28-20-13(10)15(17(35-20)18(26)33)29-19(34)16-14(22)8(2)30-31(16)4/h6-7H,5H2,1-4H3,(H2,26,33)(H,29,34). The first-order valence-electron chi connectivity index (χ1n) is 10.2. The fourth-order valence-corrected chi connectivity index (χ4v) is 5.08. The first kappa shape index (κ1) is 24.7. The topological polar surface area (TPSA) is 121 Å². The summed E-state index contributed by atoms with van der Waals surface area (Å²) < 4.78 is 44.0. The third kappa shape index (κ3) is 4.14. The summed E-state index contributed by atoms with van der Waals surface area (Å²) in [5.41, 5.74) is 5.84. The fraction of sp³-hybridized carbons (Fsp3) is 0.286. The van der Waals surface area contributed by atoms with Crippen molar-refractivity contribution < 1.29 is 22.8 Å². The number of halogens is 4. The van der Waals surface area contributed by atoms with Crippen molar-refractivity contribution in [1.29, 1.82) is 0 Å². The van der Waals surface area contributed by atoms with E-state index in [1.165, 1.54) is 17.9 Å². The van der Waals surface area contributed by atoms with E-state index in [4.69, 9.17) is 17.3 Å². The maximum absolute atomic E-state index is 13.7. The Morgan fingerprint density at radius 1 is 1.26 bits per heavy atom. The van der Waals surface area contributed by atoms with Crippen molar-refractivity contribution >= 4 is 50.7 Å². The maximum atomic E-state index is 13.7. The van der Waals surface area contributed by atoms with Crippen molar-refractivity contribution in [2.24, 2.45) is 12.8 Å². The Morgan fingerprint density at radius 2 is 1.94 bits per heavy atom. The number of nitrogens with zero attached hydrogens (tertiary/aromatic N) is 5. The quantitative estimate of drug-likeness (QED) is 0.396. The van der Waals surface area contributed by atoms with Gasteiger partial charge in [-0.25, -0.2) is 4.98 Å². The number of pyridine rings is 1. The number of primary amides is 1. The Labute approximate surface area is 205 Å². The van der Waals surface area contributed by atoms with Crippen molar-refractivity contribution in [3.05, 3.63) is 44.9 Å². The van der Waals surface area contributed by atoms with Crippen LogP contribution < -0.4 is 11.1 Å². The van der Waals surface area contributed by atoms with Crippen LogP contribution in [0.3, 0.4) is 0 Å². The van der Waals surface area contributed by atoms with Gasteiger partial charge in [0.15, 0.2) is 0 Å². The lowest BCUT2D eigenvalue weighted by Crippen LogP contribution is -2.19. The van der Waals surface area contributed by atoms with Crippen LogP contribution in [0.25, 0.3) is 21.3 Å². The summed E-state index contributed by atoms with van der Waals surface area (Å²) in [4.78, 5) is 28.9. The molecule has 14 heteroatoms. The van der Waals surface area contributed by atoms with Gasteiger partial charge in [-0.3, -0.25) is 19.0 Å². The molecule has 0 aromatic carbocycles. The number of anilines is 1. The number of amides is 2. The van der Waals surface area contributed by atoms with Crippen LogP contribution in [0.1, 0.15) is 44.2 Å². The van der Waals surface area contributed by atoms with Crippen LogP contribution in [0.4, 0.5) is 18.9 Å². The molecule has 4 heterocycles. The van der Waals surface area contributed by atoms with Gasteiger partial charge in [-0.2, -0.15) is 23.4 Å². The third-order valence-corrected chi connectivity index (χ3v) is 7.02. The van der Waals surface area contributed by atoms with Crippen molar-refractivity contribution in [2.45, 2.75) is 33.5 Å². The van der Waals surface area contributed by atoms with Crippen molar-refractivity contribution in [3.63, 3.8) is 0 Å². The number of fused-ring (bicyclic) bond motifs is 1. The summed E-state index contributed by atoms with van der Waals surface area (Å²) >= 11 is 6.88. The Balaban J connectivity index is 2.03. The highest BCUT2D eigenvalue weighted by Crippen LogP contribution is 2.44. The summed E-state index contributed by atoms with van der Waals surface area (Å²) in [5, 5.41) is 11.2. The first-order chi connectivity index (χ1) is 16.3. The predicted molar refractivity (Wildman–Crippen MR) is 126 cm³/mol. The van der Waals surface area contributed by atoms with E-state index in [-0.39, 0.29) is 37.1 Å². The SMILES string of the molecule is CCn1ncc(-c2cc(C(F)(F)F)nc3sc(C(N)=O)c(NC(=O)c4c(Cl)c(C)nn4C)c23)c1C. The summed E-state index contributed by atoms with van der Waals surface area (Å²) in [6.07, 6.45) is -3.32. The molecule has 0 aliphatic carbocycles. The van der Waals surface area contributed by atoms with Crippen LogP contribution in [0, 0.1) is 13.8 Å². The molecule has 0 aliphatic rings. The first-order valence-corrected chi connectivity index (χ1v) is 11.4. The molecule has 0 bridgehead atoms. The van der Waals surface area contributed by atoms with E-state index in [0.29, 0.717) is 34.8 Å². The van der Waals surface area contributed by atoms with Crippen LogP contribution in [0.2, 0.25) is 5.02 Å². The lowest BCUT2D eigenvalue weighted by Gasteiger charge is -2.12. The molecule has 35 heavy (non-hydrogen) atoms. The van der Waals surface area contributed by atoms with Crippen molar-refractivity contribution in [2.75, 3.05) is 5.32 Å². The largest absolute Gasteiger partial charge is 0.433 e. The van der Waals surface area contributed by atoms with Gasteiger partial charge in [-0.15, -0.1) is 11.3 Å². The average Bonchev–Trinajstić information content (AvgIpc) is 3.40. The molecule has 4 aromatic rings. The van der Waals surface area contributed by atoms with Gasteiger partial charge in [0.25, 0.3) is 11.8 Å². The van der Waals surface area contributed by atoms with Gasteiger partial charge in [0, 0.05) is 30.2 Å². The van der Waals surface area contributed by atoms with E-state index in [2.05, 4.69) is 20.5 Å². The minimum atomic E-state index is -4.75. The molecule has 0 saturated heterocycles. The molecule has 0 radical (unpaired) electrons. The molecule has 4 aromatic heterocycles. The van der Waals surface area contributed by atoms with Gasteiger partial charge in [0.2, 0.25) is 0 Å². The zero-order valence-corrected chi connectivity index (χ0v) is 20.5. The van der Waals surface area contributed by atoms with E-state index >= 15 is 0 Å². The molecule has 3 N–H and O–H groups in total. The smallest absolute Gasteiger partial charge is 0.365 e. The Kier molecular flexibility index (Phi) is 6.09. The van der Waals surface area contributed by atoms with Crippen molar-refractivity contribution in [1.82, 2.24) is 24.5 Å². The highest BCUT2D eigenvalue weighted by Gasteiger charge is 2.35. The molecule has 2 amide bonds. The summed E-state index contributed by atoms with van der Waals surface area (Å²) in [7, 11) is 1.51. The number of thiophene rings is 1. The van der Waals surface area contributed by atoms with E-state index in [0.717, 1.165) is 6.07 Å². The zero-order chi connectivity index (χ0) is 25.8. The zero-order valence-electron chi connectivity index (χ0n) is 18.9. The number of aromatic nitrogens is 5. The van der Waals surface area contributed by atoms with Gasteiger partial charge >= 0.3 is 6.18 Å². The van der Waals surface area contributed by atoms with Crippen LogP contribution in [0.15, 0.2) is 12.3 Å². The monoisotopic (exact) mass is 525 g/mol. The summed E-state index contributed by atoms with van der Waals surface area (Å²) in [6.45, 7) is 5.66.